The molecule has 0 atom stereocenters. The van der Waals surface area contributed by atoms with Gasteiger partial charge in [0.2, 0.25) is 0 Å². The molecule has 116 valence electrons. The Kier molecular flexibility index (Phi) is 3.78. The van der Waals surface area contributed by atoms with Crippen molar-refractivity contribution >= 4 is 0 Å². The Bertz CT molecular complexity index is 916. The number of rotatable bonds is 4. The number of para-hydroxylation sites is 1. The molecule has 0 radical (unpaired) electrons. The molecular weight excluding hydrogens is 298 g/mol. The van der Waals surface area contributed by atoms with Crippen LogP contribution < -0.4 is 4.74 Å². The molecule has 1 aromatic heterocycles. The van der Waals surface area contributed by atoms with Gasteiger partial charge in [-0.1, -0.05) is 53.7 Å². The lowest BCUT2D eigenvalue weighted by Gasteiger charge is -2.06. The summed E-state index contributed by atoms with van der Waals surface area (Å²) in [4.78, 5) is 0. The number of nitrogens with zero attached hydrogens (tertiary/aromatic N) is 3. The highest BCUT2D eigenvalue weighted by Gasteiger charge is 2.05. The zero-order chi connectivity index (χ0) is 16.2. The van der Waals surface area contributed by atoms with Gasteiger partial charge in [0.25, 0.3) is 0 Å². The third-order valence-electron chi connectivity index (χ3n) is 3.64. The first-order valence-corrected chi connectivity index (χ1v) is 7.70. The Morgan fingerprint density at radius 3 is 2.00 bits per heavy atom. The van der Waals surface area contributed by atoms with E-state index in [2.05, 4.69) is 10.3 Å². The van der Waals surface area contributed by atoms with Crippen molar-refractivity contribution in [3.63, 3.8) is 0 Å². The van der Waals surface area contributed by atoms with E-state index in [-0.39, 0.29) is 0 Å². The summed E-state index contributed by atoms with van der Waals surface area (Å²) < 4.78 is 7.56. The van der Waals surface area contributed by atoms with Crippen molar-refractivity contribution < 1.29 is 4.74 Å². The quantitative estimate of drug-likeness (QED) is 0.547. The average Bonchev–Trinajstić information content (AvgIpc) is 3.14. The highest BCUT2D eigenvalue weighted by molar-refractivity contribution is 5.57. The molecule has 0 aliphatic rings. The monoisotopic (exact) mass is 313 g/mol. The fourth-order valence-corrected chi connectivity index (χ4v) is 2.42. The molecule has 0 spiro atoms. The summed E-state index contributed by atoms with van der Waals surface area (Å²) in [6.45, 7) is 0. The summed E-state index contributed by atoms with van der Waals surface area (Å²) in [5.41, 5.74) is 2.83. The first-order chi connectivity index (χ1) is 11.9. The van der Waals surface area contributed by atoms with Crippen LogP contribution in [0.4, 0.5) is 0 Å². The molecule has 4 heteroatoms. The summed E-state index contributed by atoms with van der Waals surface area (Å²) in [5, 5.41) is 8.44. The second-order valence-corrected chi connectivity index (χ2v) is 5.32. The molecular formula is C20H15N3O. The van der Waals surface area contributed by atoms with Gasteiger partial charge in [-0.3, -0.25) is 0 Å². The zero-order valence-electron chi connectivity index (χ0n) is 12.9. The maximum atomic E-state index is 5.80. The maximum Gasteiger partial charge on any atom is 0.127 e. The van der Waals surface area contributed by atoms with Gasteiger partial charge in [-0.15, -0.1) is 5.10 Å². The van der Waals surface area contributed by atoms with E-state index in [1.807, 2.05) is 91.1 Å². The lowest BCUT2D eigenvalue weighted by Crippen LogP contribution is -1.94. The lowest BCUT2D eigenvalue weighted by molar-refractivity contribution is 0.482. The molecule has 0 saturated heterocycles. The number of hydrogen-bond acceptors (Lipinski definition) is 3. The number of hydrogen-bond donors (Lipinski definition) is 0. The van der Waals surface area contributed by atoms with Gasteiger partial charge in [0.05, 0.1) is 11.9 Å². The highest BCUT2D eigenvalue weighted by atomic mass is 16.5. The van der Waals surface area contributed by atoms with Crippen molar-refractivity contribution in [2.24, 2.45) is 0 Å². The largest absolute Gasteiger partial charge is 0.457 e. The second kappa shape index (κ2) is 6.38. The van der Waals surface area contributed by atoms with Crippen molar-refractivity contribution in [1.82, 2.24) is 15.0 Å². The molecule has 24 heavy (non-hydrogen) atoms. The van der Waals surface area contributed by atoms with Crippen molar-refractivity contribution in [3.8, 4) is 28.4 Å². The van der Waals surface area contributed by atoms with Crippen LogP contribution in [0.15, 0.2) is 91.1 Å². The van der Waals surface area contributed by atoms with Crippen LogP contribution in [0.1, 0.15) is 0 Å². The Morgan fingerprint density at radius 2 is 1.29 bits per heavy atom. The maximum absolute atomic E-state index is 5.80. The van der Waals surface area contributed by atoms with Crippen molar-refractivity contribution in [1.29, 1.82) is 0 Å². The fraction of sp³-hybridized carbons (Fsp3) is 0. The Hall–Kier alpha value is -3.40. The van der Waals surface area contributed by atoms with Crippen LogP contribution >= 0.6 is 0 Å². The molecule has 4 nitrogen and oxygen atoms in total. The molecule has 0 bridgehead atoms. The second-order valence-electron chi connectivity index (χ2n) is 5.32. The molecule has 0 saturated carbocycles. The molecule has 0 unspecified atom stereocenters. The molecule has 0 aliphatic heterocycles. The predicted octanol–water partition coefficient (Wildman–Crippen LogP) is 4.73. The van der Waals surface area contributed by atoms with Crippen molar-refractivity contribution in [2.75, 3.05) is 0 Å². The summed E-state index contributed by atoms with van der Waals surface area (Å²) >= 11 is 0. The van der Waals surface area contributed by atoms with Gasteiger partial charge in [-0.2, -0.15) is 0 Å². The third kappa shape index (κ3) is 3.03. The molecule has 3 aromatic carbocycles. The molecule has 0 amide bonds. The van der Waals surface area contributed by atoms with E-state index in [4.69, 9.17) is 4.74 Å². The van der Waals surface area contributed by atoms with Crippen LogP contribution in [0.3, 0.4) is 0 Å². The van der Waals surface area contributed by atoms with Crippen LogP contribution in [0.5, 0.6) is 11.5 Å². The van der Waals surface area contributed by atoms with Gasteiger partial charge < -0.3 is 4.74 Å². The standard InChI is InChI=1S/C20H15N3O/c1-3-7-16(8-4-1)20-15-23(22-21-20)17-11-13-19(14-12-17)24-18-9-5-2-6-10-18/h1-15H. The normalized spacial score (nSPS) is 10.5. The Morgan fingerprint density at radius 1 is 0.667 bits per heavy atom. The van der Waals surface area contributed by atoms with E-state index in [1.165, 1.54) is 0 Å². The Balaban J connectivity index is 1.54. The van der Waals surface area contributed by atoms with Crippen molar-refractivity contribution in [3.05, 3.63) is 91.1 Å². The van der Waals surface area contributed by atoms with E-state index in [9.17, 15) is 0 Å². The van der Waals surface area contributed by atoms with Crippen LogP contribution in [0, 0.1) is 0 Å². The first kappa shape index (κ1) is 14.2. The van der Waals surface area contributed by atoms with Gasteiger partial charge in [0.1, 0.15) is 17.2 Å². The summed E-state index contributed by atoms with van der Waals surface area (Å²) in [5.74, 6) is 1.60. The van der Waals surface area contributed by atoms with Gasteiger partial charge in [-0.25, -0.2) is 4.68 Å². The van der Waals surface area contributed by atoms with Gasteiger partial charge in [0.15, 0.2) is 0 Å². The fourth-order valence-electron chi connectivity index (χ4n) is 2.42. The van der Waals surface area contributed by atoms with Gasteiger partial charge in [-0.05, 0) is 36.4 Å². The third-order valence-corrected chi connectivity index (χ3v) is 3.64. The minimum atomic E-state index is 0.786. The van der Waals surface area contributed by atoms with Gasteiger partial charge >= 0.3 is 0 Å². The number of aromatic nitrogens is 3. The molecule has 0 fully saturated rings. The summed E-state index contributed by atoms with van der Waals surface area (Å²) in [6.07, 6.45) is 1.92. The first-order valence-electron chi connectivity index (χ1n) is 7.70. The van der Waals surface area contributed by atoms with Crippen LogP contribution in [0.2, 0.25) is 0 Å². The average molecular weight is 313 g/mol. The minimum Gasteiger partial charge on any atom is -0.457 e. The number of ether oxygens (including phenoxy) is 1. The molecule has 1 heterocycles. The molecule has 0 aliphatic carbocycles. The SMILES string of the molecule is c1ccc(Oc2ccc(-n3cc(-c4ccccc4)nn3)cc2)cc1. The van der Waals surface area contributed by atoms with E-state index in [0.29, 0.717) is 0 Å². The summed E-state index contributed by atoms with van der Waals surface area (Å²) in [6, 6.07) is 27.5. The molecule has 0 N–H and O–H groups in total. The zero-order valence-corrected chi connectivity index (χ0v) is 12.9. The van der Waals surface area contributed by atoms with E-state index in [1.54, 1.807) is 4.68 Å². The topological polar surface area (TPSA) is 39.9 Å². The Labute approximate surface area is 140 Å². The van der Waals surface area contributed by atoms with Crippen LogP contribution in [0.25, 0.3) is 16.9 Å². The van der Waals surface area contributed by atoms with E-state index >= 15 is 0 Å². The number of benzene rings is 3. The highest BCUT2D eigenvalue weighted by Crippen LogP contribution is 2.23. The smallest absolute Gasteiger partial charge is 0.127 e. The van der Waals surface area contributed by atoms with Crippen LogP contribution in [-0.2, 0) is 0 Å². The van der Waals surface area contributed by atoms with E-state index in [0.717, 1.165) is 28.4 Å². The van der Waals surface area contributed by atoms with Crippen molar-refractivity contribution in [2.45, 2.75) is 0 Å². The molecule has 4 rings (SSSR count). The summed E-state index contributed by atoms with van der Waals surface area (Å²) in [7, 11) is 0. The van der Waals surface area contributed by atoms with Crippen LogP contribution in [-0.4, -0.2) is 15.0 Å². The molecule has 4 aromatic rings. The lowest BCUT2D eigenvalue weighted by atomic mass is 10.2. The minimum absolute atomic E-state index is 0.786. The van der Waals surface area contributed by atoms with Gasteiger partial charge in [0, 0.05) is 5.56 Å². The predicted molar refractivity (Wildman–Crippen MR) is 93.3 cm³/mol. The van der Waals surface area contributed by atoms with E-state index < -0.39 is 0 Å².